The quantitative estimate of drug-likeness (QED) is 0.361. The van der Waals surface area contributed by atoms with Crippen molar-refractivity contribution in [2.45, 2.75) is 5.22 Å². The summed E-state index contributed by atoms with van der Waals surface area (Å²) in [6.07, 6.45) is 0. The molecule has 1 heterocycles. The molecule has 0 aliphatic heterocycles. The third kappa shape index (κ3) is 4.09. The van der Waals surface area contributed by atoms with Crippen LogP contribution < -0.4 is 9.47 Å². The van der Waals surface area contributed by atoms with E-state index in [2.05, 4.69) is 4.98 Å². The van der Waals surface area contributed by atoms with Gasteiger partial charge in [-0.15, -0.1) is 0 Å². The normalized spacial score (nSPS) is 10.6. The molecule has 0 amide bonds. The first-order chi connectivity index (χ1) is 14.7. The molecule has 0 N–H and O–H groups in total. The van der Waals surface area contributed by atoms with E-state index in [1.165, 1.54) is 7.11 Å². The van der Waals surface area contributed by atoms with Gasteiger partial charge < -0.3 is 13.9 Å². The lowest BCUT2D eigenvalue weighted by Crippen LogP contribution is -1.97. The maximum atomic E-state index is 12.8. The second kappa shape index (κ2) is 8.88. The molecule has 0 aliphatic carbocycles. The van der Waals surface area contributed by atoms with E-state index in [0.29, 0.717) is 28.5 Å². The van der Waals surface area contributed by atoms with Crippen molar-refractivity contribution in [2.24, 2.45) is 0 Å². The van der Waals surface area contributed by atoms with Crippen molar-refractivity contribution in [2.75, 3.05) is 14.2 Å². The van der Waals surface area contributed by atoms with Gasteiger partial charge in [0.1, 0.15) is 5.69 Å². The van der Waals surface area contributed by atoms with Gasteiger partial charge in [-0.2, -0.15) is 0 Å². The lowest BCUT2D eigenvalue weighted by atomic mass is 10.1. The Hall–Kier alpha value is -3.51. The fourth-order valence-corrected chi connectivity index (χ4v) is 3.69. The molecule has 0 fully saturated rings. The summed E-state index contributed by atoms with van der Waals surface area (Å²) >= 11 is 0.941. The van der Waals surface area contributed by atoms with Gasteiger partial charge in [0, 0.05) is 28.5 Å². The number of rotatable bonds is 6. The maximum absolute atomic E-state index is 12.8. The van der Waals surface area contributed by atoms with Crippen molar-refractivity contribution in [1.82, 2.24) is 4.98 Å². The molecule has 0 unspecified atom stereocenters. The number of thioether (sulfide) groups is 1. The first kappa shape index (κ1) is 19.8. The van der Waals surface area contributed by atoms with Crippen molar-refractivity contribution in [1.29, 1.82) is 0 Å². The number of hydrogen-bond donors (Lipinski definition) is 0. The summed E-state index contributed by atoms with van der Waals surface area (Å²) in [4.78, 5) is 17.5. The molecular formula is C24H19NO4S. The summed E-state index contributed by atoms with van der Waals surface area (Å²) < 4.78 is 16.5. The van der Waals surface area contributed by atoms with Crippen LogP contribution in [0.2, 0.25) is 0 Å². The first-order valence-corrected chi connectivity index (χ1v) is 10.1. The molecule has 150 valence electrons. The van der Waals surface area contributed by atoms with Gasteiger partial charge in [-0.05, 0) is 18.2 Å². The summed E-state index contributed by atoms with van der Waals surface area (Å²) in [7, 11) is 3.09. The van der Waals surface area contributed by atoms with Gasteiger partial charge in [-0.25, -0.2) is 4.98 Å². The topological polar surface area (TPSA) is 61.6 Å². The molecule has 0 radical (unpaired) electrons. The highest BCUT2D eigenvalue weighted by Gasteiger charge is 2.20. The van der Waals surface area contributed by atoms with E-state index in [9.17, 15) is 4.79 Å². The van der Waals surface area contributed by atoms with Crippen molar-refractivity contribution >= 4 is 16.9 Å². The van der Waals surface area contributed by atoms with Crippen LogP contribution >= 0.6 is 11.8 Å². The van der Waals surface area contributed by atoms with E-state index in [0.717, 1.165) is 22.9 Å². The summed E-state index contributed by atoms with van der Waals surface area (Å²) in [5.74, 6) is 1.68. The minimum Gasteiger partial charge on any atom is -0.493 e. The summed E-state index contributed by atoms with van der Waals surface area (Å²) in [5.41, 5.74) is 2.99. The van der Waals surface area contributed by atoms with Gasteiger partial charge in [0.05, 0.1) is 14.2 Å². The van der Waals surface area contributed by atoms with Crippen molar-refractivity contribution in [3.63, 3.8) is 0 Å². The number of ether oxygens (including phenoxy) is 2. The van der Waals surface area contributed by atoms with E-state index >= 15 is 0 Å². The van der Waals surface area contributed by atoms with E-state index in [1.807, 2.05) is 60.7 Å². The van der Waals surface area contributed by atoms with Gasteiger partial charge in [0.25, 0.3) is 5.22 Å². The Morgan fingerprint density at radius 3 is 2.10 bits per heavy atom. The number of carbonyl (C=O) groups is 1. The standard InChI is InChI=1S/C24H19NO4S/c1-27-19-14-13-18(15-20(19)28-2)23(26)30-24-25-21(16-9-5-3-6-10-16)22(29-24)17-11-7-4-8-12-17/h3-15H,1-2H3. The van der Waals surface area contributed by atoms with Crippen LogP contribution in [0.4, 0.5) is 0 Å². The molecule has 4 rings (SSSR count). The van der Waals surface area contributed by atoms with Gasteiger partial charge in [-0.1, -0.05) is 60.7 Å². The van der Waals surface area contributed by atoms with Crippen molar-refractivity contribution in [3.8, 4) is 34.1 Å². The minimum atomic E-state index is -0.198. The molecule has 0 spiro atoms. The zero-order chi connectivity index (χ0) is 20.9. The highest BCUT2D eigenvalue weighted by Crippen LogP contribution is 2.37. The average Bonchev–Trinajstić information content (AvgIpc) is 3.23. The number of aromatic nitrogens is 1. The predicted octanol–water partition coefficient (Wildman–Crippen LogP) is 5.96. The van der Waals surface area contributed by atoms with Crippen molar-refractivity contribution in [3.05, 3.63) is 84.4 Å². The van der Waals surface area contributed by atoms with Crippen LogP contribution in [0.5, 0.6) is 11.5 Å². The Morgan fingerprint density at radius 2 is 1.47 bits per heavy atom. The Kier molecular flexibility index (Phi) is 5.86. The third-order valence-corrected chi connectivity index (χ3v) is 5.26. The van der Waals surface area contributed by atoms with Crippen molar-refractivity contribution < 1.29 is 18.7 Å². The zero-order valence-electron chi connectivity index (χ0n) is 16.5. The number of nitrogens with zero attached hydrogens (tertiary/aromatic N) is 1. The molecule has 3 aromatic carbocycles. The second-order valence-electron chi connectivity index (χ2n) is 6.35. The highest BCUT2D eigenvalue weighted by molar-refractivity contribution is 8.14. The Labute approximate surface area is 178 Å². The van der Waals surface area contributed by atoms with Crippen LogP contribution in [0.1, 0.15) is 10.4 Å². The SMILES string of the molecule is COc1ccc(C(=O)Sc2nc(-c3ccccc3)c(-c3ccccc3)o2)cc1OC. The molecule has 6 heteroatoms. The Balaban J connectivity index is 1.68. The number of hydrogen-bond acceptors (Lipinski definition) is 6. The fraction of sp³-hybridized carbons (Fsp3) is 0.0833. The first-order valence-electron chi connectivity index (χ1n) is 9.25. The van der Waals surface area contributed by atoms with Gasteiger partial charge in [-0.3, -0.25) is 4.79 Å². The van der Waals surface area contributed by atoms with Crippen LogP contribution in [0.25, 0.3) is 22.6 Å². The molecule has 0 saturated carbocycles. The highest BCUT2D eigenvalue weighted by atomic mass is 32.2. The monoisotopic (exact) mass is 417 g/mol. The largest absolute Gasteiger partial charge is 0.493 e. The number of methoxy groups -OCH3 is 2. The van der Waals surface area contributed by atoms with E-state index in [1.54, 1.807) is 25.3 Å². The number of carbonyl (C=O) groups excluding carboxylic acids is 1. The summed E-state index contributed by atoms with van der Waals surface area (Å²) in [5, 5.41) is 0.0870. The molecule has 1 aromatic heterocycles. The molecule has 0 saturated heterocycles. The van der Waals surface area contributed by atoms with Crippen LogP contribution in [0, 0.1) is 0 Å². The minimum absolute atomic E-state index is 0.198. The van der Waals surface area contributed by atoms with Gasteiger partial charge >= 0.3 is 0 Å². The molecule has 5 nitrogen and oxygen atoms in total. The molecule has 0 aliphatic rings. The Bertz CT molecular complexity index is 1100. The van der Waals surface area contributed by atoms with Crippen LogP contribution in [0.15, 0.2) is 88.5 Å². The van der Waals surface area contributed by atoms with Gasteiger partial charge in [0.15, 0.2) is 17.3 Å². The second-order valence-corrected chi connectivity index (χ2v) is 7.27. The molecule has 0 bridgehead atoms. The summed E-state index contributed by atoms with van der Waals surface area (Å²) in [6, 6.07) is 24.5. The van der Waals surface area contributed by atoms with E-state index < -0.39 is 0 Å². The van der Waals surface area contributed by atoms with Crippen LogP contribution in [-0.4, -0.2) is 24.3 Å². The third-order valence-electron chi connectivity index (χ3n) is 4.49. The number of oxazole rings is 1. The Morgan fingerprint density at radius 1 is 0.833 bits per heavy atom. The predicted molar refractivity (Wildman–Crippen MR) is 117 cm³/mol. The smallest absolute Gasteiger partial charge is 0.264 e. The van der Waals surface area contributed by atoms with Gasteiger partial charge in [0.2, 0.25) is 5.12 Å². The lowest BCUT2D eigenvalue weighted by molar-refractivity contribution is 0.108. The maximum Gasteiger partial charge on any atom is 0.264 e. The average molecular weight is 417 g/mol. The van der Waals surface area contributed by atoms with Crippen LogP contribution in [0.3, 0.4) is 0 Å². The van der Waals surface area contributed by atoms with E-state index in [-0.39, 0.29) is 10.3 Å². The number of benzene rings is 3. The molecule has 4 aromatic rings. The summed E-state index contributed by atoms with van der Waals surface area (Å²) in [6.45, 7) is 0. The molecular weight excluding hydrogens is 398 g/mol. The fourth-order valence-electron chi connectivity index (χ4n) is 3.02. The zero-order valence-corrected chi connectivity index (χ0v) is 17.3. The lowest BCUT2D eigenvalue weighted by Gasteiger charge is -2.08. The molecule has 30 heavy (non-hydrogen) atoms. The van der Waals surface area contributed by atoms with Crippen LogP contribution in [-0.2, 0) is 0 Å². The van der Waals surface area contributed by atoms with E-state index in [4.69, 9.17) is 13.9 Å². The molecule has 0 atom stereocenters.